The van der Waals surface area contributed by atoms with E-state index in [1.165, 1.54) is 12.7 Å². The average Bonchev–Trinajstić information content (AvgIpc) is 3.06. The minimum atomic E-state index is -0.499. The van der Waals surface area contributed by atoms with Gasteiger partial charge in [0.2, 0.25) is 5.91 Å². The monoisotopic (exact) mass is 486 g/mol. The number of halogens is 1. The number of rotatable bonds is 6. The molecule has 172 valence electrons. The molecule has 4 rings (SSSR count). The van der Waals surface area contributed by atoms with Crippen LogP contribution in [0, 0.1) is 0 Å². The molecule has 0 saturated carbocycles. The minimum absolute atomic E-state index is 0.223. The van der Waals surface area contributed by atoms with E-state index in [-0.39, 0.29) is 17.4 Å². The zero-order valence-corrected chi connectivity index (χ0v) is 19.9. The van der Waals surface area contributed by atoms with E-state index in [9.17, 15) is 14.4 Å². The molecule has 1 saturated heterocycles. The van der Waals surface area contributed by atoms with Gasteiger partial charge in [0.05, 0.1) is 23.6 Å². The first-order valence-corrected chi connectivity index (χ1v) is 11.7. The Hall–Kier alpha value is -2.97. The van der Waals surface area contributed by atoms with Gasteiger partial charge in [-0.25, -0.2) is 0 Å². The second-order valence-electron chi connectivity index (χ2n) is 7.57. The molecule has 0 unspecified atom stereocenters. The van der Waals surface area contributed by atoms with E-state index in [1.54, 1.807) is 23.1 Å². The number of nitrogens with zero attached hydrogens (tertiary/aromatic N) is 2. The number of methoxy groups -OCH3 is 1. The molecule has 0 aliphatic carbocycles. The van der Waals surface area contributed by atoms with Crippen LogP contribution in [0.4, 0.5) is 4.79 Å². The highest BCUT2D eigenvalue weighted by molar-refractivity contribution is 8.18. The Morgan fingerprint density at radius 3 is 2.70 bits per heavy atom. The van der Waals surface area contributed by atoms with Crippen LogP contribution < -0.4 is 9.47 Å². The summed E-state index contributed by atoms with van der Waals surface area (Å²) in [6.07, 6.45) is 2.32. The van der Waals surface area contributed by atoms with Gasteiger partial charge in [0.25, 0.3) is 11.1 Å². The van der Waals surface area contributed by atoms with Crippen LogP contribution >= 0.6 is 23.4 Å². The summed E-state index contributed by atoms with van der Waals surface area (Å²) in [5.74, 6) is 0.0934. The Bertz CT molecular complexity index is 1150. The molecular weight excluding hydrogens is 464 g/mol. The summed E-state index contributed by atoms with van der Waals surface area (Å²) < 4.78 is 10.8. The molecule has 2 aromatic carbocycles. The molecule has 0 radical (unpaired) electrons. The maximum atomic E-state index is 12.9. The lowest BCUT2D eigenvalue weighted by molar-refractivity contribution is -0.136. The number of carbonyl (C=O) groups excluding carboxylic acids is 3. The normalized spacial score (nSPS) is 16.9. The number of amides is 3. The van der Waals surface area contributed by atoms with Gasteiger partial charge in [-0.1, -0.05) is 35.9 Å². The van der Waals surface area contributed by atoms with Crippen LogP contribution in [0.25, 0.3) is 6.08 Å². The van der Waals surface area contributed by atoms with E-state index in [1.807, 2.05) is 25.1 Å². The van der Waals surface area contributed by atoms with Crippen molar-refractivity contribution >= 4 is 46.5 Å². The highest BCUT2D eigenvalue weighted by Gasteiger charge is 2.37. The lowest BCUT2D eigenvalue weighted by Gasteiger charge is -2.29. The van der Waals surface area contributed by atoms with Crippen molar-refractivity contribution in [2.75, 3.05) is 26.8 Å². The number of hydrogen-bond donors (Lipinski definition) is 0. The molecule has 0 bridgehead atoms. The SMILES string of the molecule is CCOc1cc(/C=C2\SC(=O)N(CC(=O)N3CCc4ccccc4C3)C2=O)cc(Cl)c1OC. The van der Waals surface area contributed by atoms with Gasteiger partial charge in [0, 0.05) is 13.1 Å². The molecule has 1 fully saturated rings. The van der Waals surface area contributed by atoms with Crippen molar-refractivity contribution in [1.82, 2.24) is 9.80 Å². The first kappa shape index (κ1) is 23.2. The fourth-order valence-electron chi connectivity index (χ4n) is 3.86. The van der Waals surface area contributed by atoms with Crippen LogP contribution in [0.15, 0.2) is 41.3 Å². The van der Waals surface area contributed by atoms with Crippen molar-refractivity contribution in [3.8, 4) is 11.5 Å². The second-order valence-corrected chi connectivity index (χ2v) is 8.97. The van der Waals surface area contributed by atoms with Crippen molar-refractivity contribution in [3.63, 3.8) is 0 Å². The van der Waals surface area contributed by atoms with Crippen LogP contribution in [0.1, 0.15) is 23.6 Å². The zero-order chi connectivity index (χ0) is 23.5. The Morgan fingerprint density at radius 2 is 1.97 bits per heavy atom. The maximum Gasteiger partial charge on any atom is 0.294 e. The summed E-state index contributed by atoms with van der Waals surface area (Å²) in [5, 5.41) is -0.142. The van der Waals surface area contributed by atoms with E-state index in [4.69, 9.17) is 21.1 Å². The quantitative estimate of drug-likeness (QED) is 0.564. The number of thioether (sulfide) groups is 1. The molecule has 9 heteroatoms. The summed E-state index contributed by atoms with van der Waals surface area (Å²) in [4.78, 5) is 41.2. The van der Waals surface area contributed by atoms with Crippen LogP contribution in [0.2, 0.25) is 5.02 Å². The summed E-state index contributed by atoms with van der Waals surface area (Å²) in [5.41, 5.74) is 2.90. The molecule has 33 heavy (non-hydrogen) atoms. The number of carbonyl (C=O) groups is 3. The maximum absolute atomic E-state index is 12.9. The topological polar surface area (TPSA) is 76.2 Å². The van der Waals surface area contributed by atoms with Gasteiger partial charge in [-0.05, 0) is 60.0 Å². The molecule has 2 aromatic rings. The smallest absolute Gasteiger partial charge is 0.294 e. The van der Waals surface area contributed by atoms with Gasteiger partial charge in [-0.3, -0.25) is 19.3 Å². The fraction of sp³-hybridized carbons (Fsp3) is 0.292. The van der Waals surface area contributed by atoms with Crippen molar-refractivity contribution in [2.45, 2.75) is 19.9 Å². The van der Waals surface area contributed by atoms with Crippen molar-refractivity contribution in [1.29, 1.82) is 0 Å². The summed E-state index contributed by atoms with van der Waals surface area (Å²) in [6, 6.07) is 11.3. The molecular formula is C24H23ClN2O5S. The van der Waals surface area contributed by atoms with Crippen molar-refractivity contribution < 1.29 is 23.9 Å². The molecule has 0 atom stereocenters. The lowest BCUT2D eigenvalue weighted by atomic mass is 10.00. The Balaban J connectivity index is 1.49. The highest BCUT2D eigenvalue weighted by Crippen LogP contribution is 2.39. The van der Waals surface area contributed by atoms with Crippen molar-refractivity contribution in [2.24, 2.45) is 0 Å². The minimum Gasteiger partial charge on any atom is -0.491 e. The number of fused-ring (bicyclic) bond motifs is 1. The molecule has 0 spiro atoms. The van der Waals surface area contributed by atoms with Crippen LogP contribution in [-0.4, -0.2) is 53.7 Å². The number of benzene rings is 2. The van der Waals surface area contributed by atoms with E-state index in [2.05, 4.69) is 6.07 Å². The predicted molar refractivity (Wildman–Crippen MR) is 127 cm³/mol. The average molecular weight is 487 g/mol. The van der Waals surface area contributed by atoms with E-state index < -0.39 is 11.1 Å². The van der Waals surface area contributed by atoms with E-state index >= 15 is 0 Å². The number of ether oxygens (including phenoxy) is 2. The summed E-state index contributed by atoms with van der Waals surface area (Å²) in [6.45, 7) is 3.01. The highest BCUT2D eigenvalue weighted by atomic mass is 35.5. The van der Waals surface area contributed by atoms with Gasteiger partial charge >= 0.3 is 0 Å². The largest absolute Gasteiger partial charge is 0.491 e. The molecule has 2 aliphatic heterocycles. The third-order valence-electron chi connectivity index (χ3n) is 5.48. The Kier molecular flexibility index (Phi) is 6.95. The van der Waals surface area contributed by atoms with Crippen LogP contribution in [0.3, 0.4) is 0 Å². The molecule has 0 N–H and O–H groups in total. The molecule has 2 heterocycles. The summed E-state index contributed by atoms with van der Waals surface area (Å²) in [7, 11) is 1.49. The molecule has 2 aliphatic rings. The van der Waals surface area contributed by atoms with E-state index in [0.717, 1.165) is 28.6 Å². The Labute approximate surface area is 201 Å². The van der Waals surface area contributed by atoms with Crippen molar-refractivity contribution in [3.05, 3.63) is 63.0 Å². The second kappa shape index (κ2) is 9.89. The molecule has 7 nitrogen and oxygen atoms in total. The Morgan fingerprint density at radius 1 is 1.21 bits per heavy atom. The standard InChI is InChI=1S/C24H23ClN2O5S/c1-3-32-19-11-15(10-18(25)22(19)31-2)12-20-23(29)27(24(30)33-20)14-21(28)26-9-8-16-6-4-5-7-17(16)13-26/h4-7,10-12H,3,8-9,13-14H2,1-2H3/b20-12-. The number of hydrogen-bond acceptors (Lipinski definition) is 6. The third-order valence-corrected chi connectivity index (χ3v) is 6.67. The summed E-state index contributed by atoms with van der Waals surface area (Å²) >= 11 is 7.09. The van der Waals surface area contributed by atoms with Crippen LogP contribution in [-0.2, 0) is 22.6 Å². The van der Waals surface area contributed by atoms with Gasteiger partial charge < -0.3 is 14.4 Å². The molecule has 3 amide bonds. The van der Waals surface area contributed by atoms with Gasteiger partial charge in [-0.2, -0.15) is 0 Å². The first-order valence-electron chi connectivity index (χ1n) is 10.5. The third kappa shape index (κ3) is 4.86. The lowest BCUT2D eigenvalue weighted by Crippen LogP contribution is -2.44. The number of imide groups is 1. The van der Waals surface area contributed by atoms with Crippen LogP contribution in [0.5, 0.6) is 11.5 Å². The van der Waals surface area contributed by atoms with Gasteiger partial charge in [0.15, 0.2) is 11.5 Å². The van der Waals surface area contributed by atoms with Gasteiger partial charge in [-0.15, -0.1) is 0 Å². The first-order chi connectivity index (χ1) is 15.9. The van der Waals surface area contributed by atoms with Gasteiger partial charge in [0.1, 0.15) is 6.54 Å². The predicted octanol–water partition coefficient (Wildman–Crippen LogP) is 4.37. The molecule has 0 aromatic heterocycles. The van der Waals surface area contributed by atoms with E-state index in [0.29, 0.717) is 41.8 Å². The fourth-order valence-corrected chi connectivity index (χ4v) is 5.00. The zero-order valence-electron chi connectivity index (χ0n) is 18.3.